The van der Waals surface area contributed by atoms with Gasteiger partial charge in [0.05, 0.1) is 13.2 Å². The second-order valence-electron chi connectivity index (χ2n) is 4.86. The van der Waals surface area contributed by atoms with E-state index in [2.05, 4.69) is 29.2 Å². The van der Waals surface area contributed by atoms with Crippen molar-refractivity contribution in [3.05, 3.63) is 37.6 Å². The molecule has 0 atom stereocenters. The molecule has 0 saturated carbocycles. The van der Waals surface area contributed by atoms with E-state index in [9.17, 15) is 14.4 Å². The average Bonchev–Trinajstić information content (AvgIpc) is 2.47. The summed E-state index contributed by atoms with van der Waals surface area (Å²) in [7, 11) is 0. The molecule has 0 saturated heterocycles. The van der Waals surface area contributed by atoms with Crippen molar-refractivity contribution in [2.75, 3.05) is 13.2 Å². The highest BCUT2D eigenvalue weighted by Gasteiger charge is 2.12. The lowest BCUT2D eigenvalue weighted by Crippen LogP contribution is -2.22. The van der Waals surface area contributed by atoms with E-state index in [0.29, 0.717) is 6.61 Å². The van der Waals surface area contributed by atoms with E-state index in [1.807, 2.05) is 20.8 Å². The number of aliphatic hydroxyl groups excluding tert-OH is 1. The molecule has 7 heteroatoms. The number of rotatable bonds is 5. The van der Waals surface area contributed by atoms with Crippen LogP contribution in [0.2, 0.25) is 0 Å². The van der Waals surface area contributed by atoms with Gasteiger partial charge in [-0.2, -0.15) is 0 Å². The molecule has 1 N–H and O–H groups in total. The summed E-state index contributed by atoms with van der Waals surface area (Å²) >= 11 is 0. The monoisotopic (exact) mass is 344 g/mol. The van der Waals surface area contributed by atoms with Crippen molar-refractivity contribution in [1.82, 2.24) is 0 Å². The van der Waals surface area contributed by atoms with Crippen LogP contribution in [0.5, 0.6) is 0 Å². The minimum Gasteiger partial charge on any atom is -0.502 e. The standard InChI is InChI=1S/C7H12O2.C5H8O3.C5H8O2/c1-5-6(8)9-7(2,3)4;1-3-8-5(7)4(2)6;1-3-5(6)7-4-2/h5H,1H2,2-4H3;6H,2-3H2,1H3;3H,1,4H2,2H3. The molecule has 0 aromatic heterocycles. The highest BCUT2D eigenvalue weighted by molar-refractivity contribution is 5.84. The molecular formula is C17H28O7. The van der Waals surface area contributed by atoms with Gasteiger partial charge in [-0.05, 0) is 41.2 Å². The third-order valence-corrected chi connectivity index (χ3v) is 1.54. The van der Waals surface area contributed by atoms with Gasteiger partial charge in [0, 0.05) is 12.2 Å². The lowest BCUT2D eigenvalue weighted by atomic mass is 10.2. The first-order valence-electron chi connectivity index (χ1n) is 7.14. The van der Waals surface area contributed by atoms with E-state index in [-0.39, 0.29) is 18.5 Å². The van der Waals surface area contributed by atoms with Crippen molar-refractivity contribution >= 4 is 17.9 Å². The summed E-state index contributed by atoms with van der Waals surface area (Å²) in [6.45, 7) is 19.0. The summed E-state index contributed by atoms with van der Waals surface area (Å²) in [5, 5.41) is 8.28. The van der Waals surface area contributed by atoms with Crippen molar-refractivity contribution < 1.29 is 33.7 Å². The molecule has 0 aliphatic rings. The molecule has 0 amide bonds. The van der Waals surface area contributed by atoms with Crippen LogP contribution in [0.4, 0.5) is 0 Å². The number of carbonyl (C=O) groups is 3. The second-order valence-corrected chi connectivity index (χ2v) is 4.86. The zero-order valence-corrected chi connectivity index (χ0v) is 15.1. The summed E-state index contributed by atoms with van der Waals surface area (Å²) in [6, 6.07) is 0. The third kappa shape index (κ3) is 24.4. The molecular weight excluding hydrogens is 316 g/mol. The van der Waals surface area contributed by atoms with Gasteiger partial charge in [-0.1, -0.05) is 13.2 Å². The minimum atomic E-state index is -0.757. The Hall–Kier alpha value is -2.57. The molecule has 0 aliphatic carbocycles. The average molecular weight is 344 g/mol. The SMILES string of the molecule is C=C(O)C(=O)OCC.C=CC(=O)OC(C)(C)C.C=CC(=O)OCC. The zero-order valence-electron chi connectivity index (χ0n) is 15.1. The van der Waals surface area contributed by atoms with Gasteiger partial charge in [-0.25, -0.2) is 14.4 Å². The Kier molecular flexibility index (Phi) is 16.8. The lowest BCUT2D eigenvalue weighted by Gasteiger charge is -2.17. The van der Waals surface area contributed by atoms with Crippen LogP contribution in [-0.2, 0) is 28.6 Å². The number of hydrogen-bond donors (Lipinski definition) is 1. The Labute approximate surface area is 143 Å². The Bertz CT molecular complexity index is 431. The van der Waals surface area contributed by atoms with Crippen LogP contribution in [0.3, 0.4) is 0 Å². The molecule has 0 bridgehead atoms. The van der Waals surface area contributed by atoms with Crippen LogP contribution in [0.15, 0.2) is 37.6 Å². The van der Waals surface area contributed by atoms with Gasteiger partial charge in [0.2, 0.25) is 0 Å². The van der Waals surface area contributed by atoms with Crippen LogP contribution in [0, 0.1) is 0 Å². The summed E-state index contributed by atoms with van der Waals surface area (Å²) < 4.78 is 13.6. The fraction of sp³-hybridized carbons (Fsp3) is 0.471. The molecule has 24 heavy (non-hydrogen) atoms. The molecule has 0 unspecified atom stereocenters. The van der Waals surface area contributed by atoms with Gasteiger partial charge in [0.25, 0.3) is 0 Å². The van der Waals surface area contributed by atoms with Gasteiger partial charge in [-0.3, -0.25) is 0 Å². The molecule has 0 spiro atoms. The van der Waals surface area contributed by atoms with E-state index in [1.54, 1.807) is 13.8 Å². The van der Waals surface area contributed by atoms with Crippen LogP contribution in [-0.4, -0.2) is 41.8 Å². The zero-order chi connectivity index (χ0) is 19.8. The molecule has 0 aromatic carbocycles. The molecule has 138 valence electrons. The topological polar surface area (TPSA) is 99.1 Å². The van der Waals surface area contributed by atoms with Crippen molar-refractivity contribution in [2.45, 2.75) is 40.2 Å². The molecule has 0 aromatic rings. The smallest absolute Gasteiger partial charge is 0.372 e. The van der Waals surface area contributed by atoms with Crippen molar-refractivity contribution in [3.8, 4) is 0 Å². The maximum atomic E-state index is 10.5. The van der Waals surface area contributed by atoms with Crippen molar-refractivity contribution in [3.63, 3.8) is 0 Å². The minimum absolute atomic E-state index is 0.262. The first-order chi connectivity index (χ1) is 10.9. The first kappa shape index (κ1) is 26.3. The Morgan fingerprint density at radius 1 is 0.958 bits per heavy atom. The largest absolute Gasteiger partial charge is 0.502 e. The van der Waals surface area contributed by atoms with E-state index in [1.165, 1.54) is 0 Å². The first-order valence-corrected chi connectivity index (χ1v) is 7.14. The number of ether oxygens (including phenoxy) is 3. The van der Waals surface area contributed by atoms with Crippen molar-refractivity contribution in [2.24, 2.45) is 0 Å². The van der Waals surface area contributed by atoms with E-state index >= 15 is 0 Å². The van der Waals surface area contributed by atoms with Crippen LogP contribution < -0.4 is 0 Å². The molecule has 0 radical (unpaired) electrons. The van der Waals surface area contributed by atoms with Gasteiger partial charge in [0.15, 0.2) is 5.76 Å². The summed E-state index contributed by atoms with van der Waals surface area (Å²) in [6.07, 6.45) is 2.30. The van der Waals surface area contributed by atoms with Gasteiger partial charge in [0.1, 0.15) is 5.60 Å². The van der Waals surface area contributed by atoms with Gasteiger partial charge in [-0.15, -0.1) is 0 Å². The lowest BCUT2D eigenvalue weighted by molar-refractivity contribution is -0.148. The number of esters is 3. The quantitative estimate of drug-likeness (QED) is 0.354. The second kappa shape index (κ2) is 15.3. The molecule has 0 fully saturated rings. The van der Waals surface area contributed by atoms with E-state index in [4.69, 9.17) is 9.84 Å². The number of hydrogen-bond acceptors (Lipinski definition) is 7. The maximum Gasteiger partial charge on any atom is 0.372 e. The maximum absolute atomic E-state index is 10.5. The summed E-state index contributed by atoms with van der Waals surface area (Å²) in [5.74, 6) is -2.04. The summed E-state index contributed by atoms with van der Waals surface area (Å²) in [4.78, 5) is 30.7. The number of aliphatic hydroxyl groups is 1. The third-order valence-electron chi connectivity index (χ3n) is 1.54. The van der Waals surface area contributed by atoms with Crippen LogP contribution >= 0.6 is 0 Å². The molecule has 7 nitrogen and oxygen atoms in total. The van der Waals surface area contributed by atoms with Gasteiger partial charge >= 0.3 is 17.9 Å². The Morgan fingerprint density at radius 2 is 1.38 bits per heavy atom. The fourth-order valence-corrected chi connectivity index (χ4v) is 0.759. The fourth-order valence-electron chi connectivity index (χ4n) is 0.759. The van der Waals surface area contributed by atoms with Crippen LogP contribution in [0.25, 0.3) is 0 Å². The Morgan fingerprint density at radius 3 is 1.50 bits per heavy atom. The summed E-state index contributed by atoms with van der Waals surface area (Å²) in [5.41, 5.74) is -0.398. The van der Waals surface area contributed by atoms with E-state index in [0.717, 1.165) is 12.2 Å². The van der Waals surface area contributed by atoms with E-state index < -0.39 is 17.3 Å². The Balaban J connectivity index is -0.000000278. The van der Waals surface area contributed by atoms with Gasteiger partial charge < -0.3 is 19.3 Å². The molecule has 0 heterocycles. The predicted molar refractivity (Wildman–Crippen MR) is 91.3 cm³/mol. The molecule has 0 aliphatic heterocycles. The molecule has 0 rings (SSSR count). The normalized spacial score (nSPS) is 8.88. The highest BCUT2D eigenvalue weighted by Crippen LogP contribution is 2.06. The highest BCUT2D eigenvalue weighted by atomic mass is 16.6. The number of carbonyl (C=O) groups excluding carboxylic acids is 3. The predicted octanol–water partition coefficient (Wildman–Crippen LogP) is 2.87. The van der Waals surface area contributed by atoms with Crippen molar-refractivity contribution in [1.29, 1.82) is 0 Å². The van der Waals surface area contributed by atoms with Crippen LogP contribution in [0.1, 0.15) is 34.6 Å².